The zero-order chi connectivity index (χ0) is 13.2. The lowest BCUT2D eigenvalue weighted by Crippen LogP contribution is -2.13. The number of primary sulfonamides is 1. The molecule has 0 saturated heterocycles. The number of hydrogen-bond acceptors (Lipinski definition) is 7. The number of aromatic nitrogens is 4. The summed E-state index contributed by atoms with van der Waals surface area (Å²) in [5.74, 6) is 0.439. The summed E-state index contributed by atoms with van der Waals surface area (Å²) in [6, 6.07) is 4.25. The summed E-state index contributed by atoms with van der Waals surface area (Å²) in [6.45, 7) is 0.282. The van der Waals surface area contributed by atoms with Gasteiger partial charge < -0.3 is 11.1 Å². The van der Waals surface area contributed by atoms with Gasteiger partial charge in [-0.15, -0.1) is 10.2 Å². The van der Waals surface area contributed by atoms with E-state index in [1.54, 1.807) is 6.07 Å². The van der Waals surface area contributed by atoms with E-state index in [4.69, 9.17) is 10.9 Å². The first-order chi connectivity index (χ1) is 8.45. The van der Waals surface area contributed by atoms with Crippen molar-refractivity contribution in [1.29, 1.82) is 0 Å². The first-order valence-electron chi connectivity index (χ1n) is 4.85. The molecule has 0 aliphatic rings. The third-order valence-electron chi connectivity index (χ3n) is 2.10. The van der Waals surface area contributed by atoms with E-state index in [0.29, 0.717) is 11.5 Å². The van der Waals surface area contributed by atoms with Gasteiger partial charge in [0.15, 0.2) is 5.82 Å². The highest BCUT2D eigenvalue weighted by atomic mass is 32.2. The number of aromatic amines is 1. The van der Waals surface area contributed by atoms with Crippen molar-refractivity contribution < 1.29 is 8.42 Å². The van der Waals surface area contributed by atoms with Gasteiger partial charge >= 0.3 is 0 Å². The number of nitrogen functional groups attached to an aromatic ring is 1. The molecule has 6 N–H and O–H groups in total. The molecule has 0 fully saturated rings. The number of H-pyrrole nitrogens is 1. The van der Waals surface area contributed by atoms with Gasteiger partial charge in [-0.3, -0.25) is 0 Å². The quantitative estimate of drug-likeness (QED) is 0.521. The van der Waals surface area contributed by atoms with E-state index >= 15 is 0 Å². The highest BCUT2D eigenvalue weighted by molar-refractivity contribution is 7.89. The predicted octanol–water partition coefficient (Wildman–Crippen LogP) is -0.959. The minimum absolute atomic E-state index is 0.0573. The molecule has 0 amide bonds. The second-order valence-electron chi connectivity index (χ2n) is 3.52. The van der Waals surface area contributed by atoms with Crippen LogP contribution in [0, 0.1) is 0 Å². The number of sulfonamides is 1. The predicted molar refractivity (Wildman–Crippen MR) is 63.7 cm³/mol. The third-order valence-corrected chi connectivity index (χ3v) is 2.99. The molecule has 0 saturated carbocycles. The molecule has 9 nitrogen and oxygen atoms in total. The monoisotopic (exact) mass is 269 g/mol. The highest BCUT2D eigenvalue weighted by Gasteiger charge is 2.10. The van der Waals surface area contributed by atoms with Crippen LogP contribution in [-0.4, -0.2) is 29.0 Å². The molecular weight excluding hydrogens is 258 g/mol. The Bertz CT molecular complexity index is 637. The first kappa shape index (κ1) is 12.3. The normalized spacial score (nSPS) is 11.4. The van der Waals surface area contributed by atoms with Crippen LogP contribution in [0.5, 0.6) is 0 Å². The van der Waals surface area contributed by atoms with Gasteiger partial charge in [-0.1, -0.05) is 5.21 Å². The maximum atomic E-state index is 11.2. The van der Waals surface area contributed by atoms with Crippen molar-refractivity contribution in [3.05, 3.63) is 24.0 Å². The number of rotatable bonds is 4. The molecule has 2 rings (SSSR count). The number of nitrogens with two attached hydrogens (primary N) is 2. The molecule has 0 atom stereocenters. The Balaban J connectivity index is 2.21. The van der Waals surface area contributed by atoms with Gasteiger partial charge in [0.1, 0.15) is 0 Å². The van der Waals surface area contributed by atoms with Crippen LogP contribution < -0.4 is 16.2 Å². The topological polar surface area (TPSA) is 153 Å². The number of benzene rings is 1. The van der Waals surface area contributed by atoms with Gasteiger partial charge in [0.05, 0.1) is 11.4 Å². The van der Waals surface area contributed by atoms with Gasteiger partial charge in [0, 0.05) is 11.4 Å². The van der Waals surface area contributed by atoms with Crippen molar-refractivity contribution in [1.82, 2.24) is 20.6 Å². The zero-order valence-electron chi connectivity index (χ0n) is 9.16. The van der Waals surface area contributed by atoms with Crippen molar-refractivity contribution in [2.75, 3.05) is 11.1 Å². The number of nitrogens with one attached hydrogen (secondary N) is 2. The molecule has 2 aromatic rings. The van der Waals surface area contributed by atoms with E-state index in [1.807, 2.05) is 0 Å². The number of anilines is 2. The van der Waals surface area contributed by atoms with E-state index < -0.39 is 10.0 Å². The lowest BCUT2D eigenvalue weighted by Gasteiger charge is -2.07. The van der Waals surface area contributed by atoms with Gasteiger partial charge in [-0.2, -0.15) is 5.21 Å². The summed E-state index contributed by atoms with van der Waals surface area (Å²) >= 11 is 0. The Morgan fingerprint density at radius 1 is 1.33 bits per heavy atom. The summed E-state index contributed by atoms with van der Waals surface area (Å²) in [5, 5.41) is 21.1. The largest absolute Gasteiger partial charge is 0.399 e. The van der Waals surface area contributed by atoms with E-state index in [9.17, 15) is 8.42 Å². The van der Waals surface area contributed by atoms with Gasteiger partial charge in [-0.25, -0.2) is 13.6 Å². The van der Waals surface area contributed by atoms with E-state index in [1.165, 1.54) is 12.1 Å². The summed E-state index contributed by atoms with van der Waals surface area (Å²) in [5.41, 5.74) is 6.39. The van der Waals surface area contributed by atoms with Gasteiger partial charge in [-0.05, 0) is 18.2 Å². The van der Waals surface area contributed by atoms with Crippen LogP contribution in [-0.2, 0) is 16.6 Å². The standard InChI is InChI=1S/C8H11N7O2S/c9-5-1-6(3-7(2-5)18(10,16)17)11-4-8-12-14-15-13-8/h1-3,11H,4,9H2,(H2,10,16,17)(H,12,13,14,15). The average Bonchev–Trinajstić information content (AvgIpc) is 2.77. The van der Waals surface area contributed by atoms with Gasteiger partial charge in [0.2, 0.25) is 10.0 Å². The molecule has 0 bridgehead atoms. The number of tetrazole rings is 1. The fourth-order valence-corrected chi connectivity index (χ4v) is 1.92. The number of hydrogen-bond donors (Lipinski definition) is 4. The van der Waals surface area contributed by atoms with Crippen LogP contribution in [0.2, 0.25) is 0 Å². The Labute approximate surface area is 103 Å². The summed E-state index contributed by atoms with van der Waals surface area (Å²) in [4.78, 5) is -0.0573. The molecule has 0 unspecified atom stereocenters. The van der Waals surface area contributed by atoms with Crippen LogP contribution in [0.3, 0.4) is 0 Å². The maximum Gasteiger partial charge on any atom is 0.238 e. The van der Waals surface area contributed by atoms with Crippen molar-refractivity contribution in [3.8, 4) is 0 Å². The Kier molecular flexibility index (Phi) is 3.12. The lowest BCUT2D eigenvalue weighted by atomic mass is 10.3. The molecule has 0 spiro atoms. The number of nitrogens with zero attached hydrogens (tertiary/aromatic N) is 3. The smallest absolute Gasteiger partial charge is 0.238 e. The second-order valence-corrected chi connectivity index (χ2v) is 5.08. The Morgan fingerprint density at radius 2 is 2.11 bits per heavy atom. The molecule has 18 heavy (non-hydrogen) atoms. The Morgan fingerprint density at radius 3 is 2.72 bits per heavy atom. The van der Waals surface area contributed by atoms with Crippen molar-refractivity contribution in [3.63, 3.8) is 0 Å². The molecule has 1 aromatic heterocycles. The average molecular weight is 269 g/mol. The Hall–Kier alpha value is -2.20. The van der Waals surface area contributed by atoms with Crippen LogP contribution in [0.4, 0.5) is 11.4 Å². The minimum Gasteiger partial charge on any atom is -0.399 e. The van der Waals surface area contributed by atoms with Crippen LogP contribution in [0.15, 0.2) is 23.1 Å². The molecule has 0 aliphatic heterocycles. The zero-order valence-corrected chi connectivity index (χ0v) is 9.98. The van der Waals surface area contributed by atoms with Crippen molar-refractivity contribution >= 4 is 21.4 Å². The molecule has 1 heterocycles. The van der Waals surface area contributed by atoms with Crippen LogP contribution >= 0.6 is 0 Å². The molecule has 0 aliphatic carbocycles. The molecule has 10 heteroatoms. The van der Waals surface area contributed by atoms with Crippen molar-refractivity contribution in [2.24, 2.45) is 5.14 Å². The van der Waals surface area contributed by atoms with E-state index in [0.717, 1.165) is 0 Å². The van der Waals surface area contributed by atoms with E-state index in [-0.39, 0.29) is 17.1 Å². The molecular formula is C8H11N7O2S. The van der Waals surface area contributed by atoms with Crippen LogP contribution in [0.25, 0.3) is 0 Å². The maximum absolute atomic E-state index is 11.2. The third kappa shape index (κ3) is 2.93. The highest BCUT2D eigenvalue weighted by Crippen LogP contribution is 2.19. The molecule has 0 radical (unpaired) electrons. The van der Waals surface area contributed by atoms with Gasteiger partial charge in [0.25, 0.3) is 0 Å². The molecule has 1 aromatic carbocycles. The minimum atomic E-state index is -3.79. The lowest BCUT2D eigenvalue weighted by molar-refractivity contribution is 0.598. The van der Waals surface area contributed by atoms with Crippen LogP contribution in [0.1, 0.15) is 5.82 Å². The fourth-order valence-electron chi connectivity index (χ4n) is 1.33. The molecule has 96 valence electrons. The first-order valence-corrected chi connectivity index (χ1v) is 6.39. The van der Waals surface area contributed by atoms with E-state index in [2.05, 4.69) is 25.9 Å². The summed E-state index contributed by atoms with van der Waals surface area (Å²) < 4.78 is 22.4. The fraction of sp³-hybridized carbons (Fsp3) is 0.125. The second kappa shape index (κ2) is 4.58. The summed E-state index contributed by atoms with van der Waals surface area (Å²) in [6.07, 6.45) is 0. The summed E-state index contributed by atoms with van der Waals surface area (Å²) in [7, 11) is -3.79. The van der Waals surface area contributed by atoms with Crippen molar-refractivity contribution in [2.45, 2.75) is 11.4 Å². The SMILES string of the molecule is Nc1cc(NCc2nn[nH]n2)cc(S(N)(=O)=O)c1.